The van der Waals surface area contributed by atoms with Crippen molar-refractivity contribution in [3.63, 3.8) is 0 Å². The molecule has 1 aromatic carbocycles. The second kappa shape index (κ2) is 5.51. The molecule has 0 radical (unpaired) electrons. The third kappa shape index (κ3) is 4.41. The first-order chi connectivity index (χ1) is 7.77. The van der Waals surface area contributed by atoms with Gasteiger partial charge in [0.15, 0.2) is 0 Å². The van der Waals surface area contributed by atoms with Gasteiger partial charge in [-0.2, -0.15) is 0 Å². The molecule has 1 rings (SSSR count). The summed E-state index contributed by atoms with van der Waals surface area (Å²) < 4.78 is 0.998. The maximum Gasteiger partial charge on any atom is 0.102 e. The van der Waals surface area contributed by atoms with E-state index in [-0.39, 0.29) is 5.54 Å². The first kappa shape index (κ1) is 14.7. The van der Waals surface area contributed by atoms with Gasteiger partial charge in [-0.3, -0.25) is 0 Å². The summed E-state index contributed by atoms with van der Waals surface area (Å²) in [6, 6.07) is 7.88. The van der Waals surface area contributed by atoms with Crippen molar-refractivity contribution in [2.45, 2.75) is 45.3 Å². The lowest BCUT2D eigenvalue weighted by Crippen LogP contribution is -2.45. The lowest BCUT2D eigenvalue weighted by molar-refractivity contribution is 0.0266. The molecule has 0 saturated heterocycles. The minimum absolute atomic E-state index is 0.00909. The number of hydrogen-bond acceptors (Lipinski definition) is 2. The van der Waals surface area contributed by atoms with Gasteiger partial charge in [0.25, 0.3) is 0 Å². The summed E-state index contributed by atoms with van der Waals surface area (Å²) >= 11 is 3.44. The van der Waals surface area contributed by atoms with Crippen LogP contribution in [0.4, 0.5) is 0 Å². The van der Waals surface area contributed by atoms with Crippen LogP contribution in [0.15, 0.2) is 28.7 Å². The van der Waals surface area contributed by atoms with Crippen molar-refractivity contribution in [2.24, 2.45) is 0 Å². The number of aliphatic hydroxyl groups is 1. The van der Waals surface area contributed by atoms with Crippen LogP contribution in [0.25, 0.3) is 0 Å². The minimum Gasteiger partial charge on any atom is -0.384 e. The van der Waals surface area contributed by atoms with Gasteiger partial charge in [-0.1, -0.05) is 35.0 Å². The molecule has 1 unspecified atom stereocenters. The Hall–Kier alpha value is -0.380. The third-order valence-corrected chi connectivity index (χ3v) is 3.35. The highest BCUT2D eigenvalue weighted by atomic mass is 79.9. The topological polar surface area (TPSA) is 32.3 Å². The molecule has 0 spiro atoms. The molecule has 1 aromatic rings. The van der Waals surface area contributed by atoms with Gasteiger partial charge in [0, 0.05) is 16.6 Å². The molecule has 0 heterocycles. The van der Waals surface area contributed by atoms with Gasteiger partial charge in [0.05, 0.1) is 0 Å². The Morgan fingerprint density at radius 2 is 1.94 bits per heavy atom. The number of hydrogen-bond donors (Lipinski definition) is 2. The highest BCUT2D eigenvalue weighted by Gasteiger charge is 2.28. The van der Waals surface area contributed by atoms with Crippen LogP contribution in [0.3, 0.4) is 0 Å². The summed E-state index contributed by atoms with van der Waals surface area (Å²) in [5.74, 6) is 0. The van der Waals surface area contributed by atoms with Gasteiger partial charge in [-0.15, -0.1) is 0 Å². The fraction of sp³-hybridized carbons (Fsp3) is 0.571. The van der Waals surface area contributed by atoms with Crippen molar-refractivity contribution in [3.05, 3.63) is 34.3 Å². The Labute approximate surface area is 113 Å². The van der Waals surface area contributed by atoms with E-state index in [4.69, 9.17) is 0 Å². The number of benzene rings is 1. The molecule has 2 nitrogen and oxygen atoms in total. The van der Waals surface area contributed by atoms with Crippen molar-refractivity contribution >= 4 is 15.9 Å². The summed E-state index contributed by atoms with van der Waals surface area (Å²) in [5, 5.41) is 14.1. The lowest BCUT2D eigenvalue weighted by atomic mass is 9.90. The Morgan fingerprint density at radius 3 is 2.41 bits per heavy atom. The van der Waals surface area contributed by atoms with Crippen molar-refractivity contribution in [1.82, 2.24) is 5.32 Å². The lowest BCUT2D eigenvalue weighted by Gasteiger charge is -2.32. The molecule has 17 heavy (non-hydrogen) atoms. The van der Waals surface area contributed by atoms with Crippen molar-refractivity contribution in [2.75, 3.05) is 6.54 Å². The molecule has 96 valence electrons. The minimum atomic E-state index is -0.808. The summed E-state index contributed by atoms with van der Waals surface area (Å²) in [6.07, 6.45) is 0.687. The molecular weight excluding hydrogens is 278 g/mol. The fourth-order valence-electron chi connectivity index (χ4n) is 1.62. The normalized spacial score (nSPS) is 15.6. The first-order valence-corrected chi connectivity index (χ1v) is 6.79. The second-order valence-corrected chi connectivity index (χ2v) is 6.41. The Morgan fingerprint density at radius 1 is 1.29 bits per heavy atom. The van der Waals surface area contributed by atoms with E-state index >= 15 is 0 Å². The van der Waals surface area contributed by atoms with Gasteiger partial charge in [-0.25, -0.2) is 0 Å². The van der Waals surface area contributed by atoms with Crippen LogP contribution in [0, 0.1) is 0 Å². The number of β-amino-alcohol motifs (C(OH)–C–C–N with tert-alkyl or cyclic N) is 1. The van der Waals surface area contributed by atoms with Crippen LogP contribution >= 0.6 is 15.9 Å². The summed E-state index contributed by atoms with van der Waals surface area (Å²) in [4.78, 5) is 0. The number of rotatable bonds is 4. The second-order valence-electron chi connectivity index (χ2n) is 5.50. The molecule has 2 N–H and O–H groups in total. The van der Waals surface area contributed by atoms with Crippen LogP contribution in [0.2, 0.25) is 0 Å². The van der Waals surface area contributed by atoms with Gasteiger partial charge in [0.1, 0.15) is 5.60 Å². The predicted molar refractivity (Wildman–Crippen MR) is 76.1 cm³/mol. The smallest absolute Gasteiger partial charge is 0.102 e. The fourth-order valence-corrected chi connectivity index (χ4v) is 2.02. The molecule has 0 aliphatic carbocycles. The number of nitrogens with one attached hydrogen (secondary N) is 1. The average Bonchev–Trinajstić information content (AvgIpc) is 2.25. The van der Waals surface area contributed by atoms with E-state index in [2.05, 4.69) is 42.0 Å². The van der Waals surface area contributed by atoms with Crippen LogP contribution in [0.1, 0.15) is 39.7 Å². The van der Waals surface area contributed by atoms with Gasteiger partial charge in [-0.05, 0) is 44.9 Å². The zero-order valence-electron chi connectivity index (χ0n) is 11.0. The SMILES string of the molecule is CCC(O)(CNC(C)(C)C)c1cccc(Br)c1. The zero-order chi connectivity index (χ0) is 13.1. The van der Waals surface area contributed by atoms with Crippen molar-refractivity contribution in [3.8, 4) is 0 Å². The molecule has 0 fully saturated rings. The van der Waals surface area contributed by atoms with E-state index in [1.165, 1.54) is 0 Å². The van der Waals surface area contributed by atoms with E-state index in [1.807, 2.05) is 31.2 Å². The van der Waals surface area contributed by atoms with E-state index < -0.39 is 5.60 Å². The molecule has 3 heteroatoms. The summed E-state index contributed by atoms with van der Waals surface area (Å²) in [7, 11) is 0. The monoisotopic (exact) mass is 299 g/mol. The first-order valence-electron chi connectivity index (χ1n) is 6.00. The molecule has 0 bridgehead atoms. The van der Waals surface area contributed by atoms with Gasteiger partial charge >= 0.3 is 0 Å². The summed E-state index contributed by atoms with van der Waals surface area (Å²) in [5.41, 5.74) is 0.151. The van der Waals surface area contributed by atoms with Gasteiger partial charge < -0.3 is 10.4 Å². The zero-order valence-corrected chi connectivity index (χ0v) is 12.6. The molecule has 1 atom stereocenters. The molecule has 0 amide bonds. The van der Waals surface area contributed by atoms with Crippen LogP contribution in [-0.2, 0) is 5.60 Å². The largest absolute Gasteiger partial charge is 0.384 e. The Kier molecular flexibility index (Phi) is 4.76. The maximum atomic E-state index is 10.7. The van der Waals surface area contributed by atoms with E-state index in [0.717, 1.165) is 10.0 Å². The average molecular weight is 300 g/mol. The van der Waals surface area contributed by atoms with Crippen LogP contribution in [-0.4, -0.2) is 17.2 Å². The molecule has 0 aliphatic rings. The standard InChI is InChI=1S/C14H22BrNO/c1-5-14(17,10-16-13(2,3)4)11-7-6-8-12(15)9-11/h6-9,16-17H,5,10H2,1-4H3. The molecule has 0 aromatic heterocycles. The van der Waals surface area contributed by atoms with Crippen molar-refractivity contribution < 1.29 is 5.11 Å². The summed E-state index contributed by atoms with van der Waals surface area (Å²) in [6.45, 7) is 8.87. The molecule has 0 saturated carbocycles. The van der Waals surface area contributed by atoms with Gasteiger partial charge in [0.2, 0.25) is 0 Å². The Bertz CT molecular complexity index is 373. The Balaban J connectivity index is 2.88. The van der Waals surface area contributed by atoms with Crippen LogP contribution < -0.4 is 5.32 Å². The number of halogens is 1. The van der Waals surface area contributed by atoms with Crippen LogP contribution in [0.5, 0.6) is 0 Å². The predicted octanol–water partition coefficient (Wildman–Crippen LogP) is 3.43. The van der Waals surface area contributed by atoms with Crippen molar-refractivity contribution in [1.29, 1.82) is 0 Å². The van der Waals surface area contributed by atoms with E-state index in [9.17, 15) is 5.11 Å². The van der Waals surface area contributed by atoms with E-state index in [1.54, 1.807) is 0 Å². The third-order valence-electron chi connectivity index (χ3n) is 2.86. The maximum absolute atomic E-state index is 10.7. The molecular formula is C14H22BrNO. The highest BCUT2D eigenvalue weighted by Crippen LogP contribution is 2.27. The molecule has 0 aliphatic heterocycles. The van der Waals surface area contributed by atoms with E-state index in [0.29, 0.717) is 13.0 Å². The highest BCUT2D eigenvalue weighted by molar-refractivity contribution is 9.10. The quantitative estimate of drug-likeness (QED) is 0.893.